The first kappa shape index (κ1) is 23.4. The molecule has 8 heteroatoms. The Kier molecular flexibility index (Phi) is 9.05. The van der Waals surface area contributed by atoms with Gasteiger partial charge in [0.05, 0.1) is 18.6 Å². The van der Waals surface area contributed by atoms with Crippen LogP contribution in [-0.4, -0.2) is 24.5 Å². The van der Waals surface area contributed by atoms with Crippen molar-refractivity contribution >= 4 is 23.4 Å². The van der Waals surface area contributed by atoms with E-state index in [1.165, 1.54) is 43.9 Å². The van der Waals surface area contributed by atoms with Gasteiger partial charge in [0.25, 0.3) is 11.6 Å². The Morgan fingerprint density at radius 3 is 2.68 bits per heavy atom. The van der Waals surface area contributed by atoms with Gasteiger partial charge in [0, 0.05) is 17.8 Å². The van der Waals surface area contributed by atoms with Crippen LogP contribution in [0.1, 0.15) is 38.2 Å². The Bertz CT molecular complexity index is 995. The number of nitro groups is 1. The fourth-order valence-corrected chi connectivity index (χ4v) is 2.82. The summed E-state index contributed by atoms with van der Waals surface area (Å²) < 4.78 is 11.1. The summed E-state index contributed by atoms with van der Waals surface area (Å²) in [4.78, 5) is 22.8. The molecular formula is C23H25N3O5. The van der Waals surface area contributed by atoms with Gasteiger partial charge >= 0.3 is 0 Å². The van der Waals surface area contributed by atoms with Crippen LogP contribution in [0.3, 0.4) is 0 Å². The normalized spacial score (nSPS) is 10.8. The zero-order valence-electron chi connectivity index (χ0n) is 17.6. The number of nitro benzene ring substituents is 1. The third kappa shape index (κ3) is 7.16. The van der Waals surface area contributed by atoms with E-state index in [2.05, 4.69) is 12.2 Å². The Labute approximate surface area is 181 Å². The van der Waals surface area contributed by atoms with Gasteiger partial charge in [-0.05, 0) is 36.3 Å². The van der Waals surface area contributed by atoms with Crippen LogP contribution < -0.4 is 14.8 Å². The lowest BCUT2D eigenvalue weighted by atomic mass is 10.1. The van der Waals surface area contributed by atoms with Crippen molar-refractivity contribution in [2.45, 2.75) is 32.6 Å². The quantitative estimate of drug-likeness (QED) is 0.177. The summed E-state index contributed by atoms with van der Waals surface area (Å²) in [6.45, 7) is 2.73. The van der Waals surface area contributed by atoms with Gasteiger partial charge in [-0.2, -0.15) is 5.26 Å². The Hall–Kier alpha value is -3.86. The molecule has 0 saturated carbocycles. The predicted molar refractivity (Wildman–Crippen MR) is 118 cm³/mol. The Morgan fingerprint density at radius 2 is 2.00 bits per heavy atom. The number of unbranched alkanes of at least 4 members (excludes halogenated alkanes) is 3. The summed E-state index contributed by atoms with van der Waals surface area (Å²) >= 11 is 0. The molecule has 0 fully saturated rings. The molecule has 0 unspecified atom stereocenters. The van der Waals surface area contributed by atoms with E-state index >= 15 is 0 Å². The van der Waals surface area contributed by atoms with Gasteiger partial charge in [-0.1, -0.05) is 38.3 Å². The highest BCUT2D eigenvalue weighted by Crippen LogP contribution is 2.29. The SMILES string of the molecule is CCCCCCOc1ccc(/C=C(\C#N)C(=O)Nc2cccc([N+](=O)[O-])c2)cc1OC. The summed E-state index contributed by atoms with van der Waals surface area (Å²) in [5, 5.41) is 22.8. The second-order valence-corrected chi connectivity index (χ2v) is 6.75. The van der Waals surface area contributed by atoms with Crippen molar-refractivity contribution in [1.29, 1.82) is 5.26 Å². The molecule has 0 saturated heterocycles. The zero-order valence-corrected chi connectivity index (χ0v) is 17.6. The van der Waals surface area contributed by atoms with Gasteiger partial charge in [0.1, 0.15) is 11.6 Å². The number of amides is 1. The lowest BCUT2D eigenvalue weighted by Crippen LogP contribution is -2.13. The van der Waals surface area contributed by atoms with Crippen LogP contribution in [0.5, 0.6) is 11.5 Å². The van der Waals surface area contributed by atoms with E-state index in [1.807, 2.05) is 6.07 Å². The molecule has 0 radical (unpaired) electrons. The molecule has 0 aromatic heterocycles. The number of nitrogens with zero attached hydrogens (tertiary/aromatic N) is 2. The number of methoxy groups -OCH3 is 1. The van der Waals surface area contributed by atoms with Crippen LogP contribution in [0, 0.1) is 21.4 Å². The minimum atomic E-state index is -0.668. The van der Waals surface area contributed by atoms with Crippen LogP contribution >= 0.6 is 0 Å². The minimum Gasteiger partial charge on any atom is -0.493 e. The second-order valence-electron chi connectivity index (χ2n) is 6.75. The summed E-state index contributed by atoms with van der Waals surface area (Å²) in [5.74, 6) is 0.426. The van der Waals surface area contributed by atoms with Crippen LogP contribution in [0.15, 0.2) is 48.0 Å². The van der Waals surface area contributed by atoms with E-state index in [0.29, 0.717) is 23.7 Å². The molecule has 0 spiro atoms. The molecule has 31 heavy (non-hydrogen) atoms. The predicted octanol–water partition coefficient (Wildman–Crippen LogP) is 5.11. The van der Waals surface area contributed by atoms with E-state index in [-0.39, 0.29) is 16.9 Å². The van der Waals surface area contributed by atoms with E-state index in [9.17, 15) is 20.2 Å². The summed E-state index contributed by atoms with van der Waals surface area (Å²) in [5.41, 5.74) is 0.503. The van der Waals surface area contributed by atoms with Gasteiger partial charge in [-0.3, -0.25) is 14.9 Å². The fraction of sp³-hybridized carbons (Fsp3) is 0.304. The Morgan fingerprint density at radius 1 is 1.19 bits per heavy atom. The first-order valence-corrected chi connectivity index (χ1v) is 9.97. The molecule has 0 atom stereocenters. The molecule has 0 aliphatic rings. The summed E-state index contributed by atoms with van der Waals surface area (Å²) in [6.07, 6.45) is 5.79. The maximum Gasteiger partial charge on any atom is 0.271 e. The average molecular weight is 423 g/mol. The molecule has 1 amide bonds. The van der Waals surface area contributed by atoms with Crippen molar-refractivity contribution in [3.63, 3.8) is 0 Å². The average Bonchev–Trinajstić information content (AvgIpc) is 2.77. The van der Waals surface area contributed by atoms with Gasteiger partial charge in [0.15, 0.2) is 11.5 Å². The van der Waals surface area contributed by atoms with Crippen LogP contribution in [0.2, 0.25) is 0 Å². The number of nitriles is 1. The van der Waals surface area contributed by atoms with Crippen LogP contribution in [-0.2, 0) is 4.79 Å². The largest absolute Gasteiger partial charge is 0.493 e. The van der Waals surface area contributed by atoms with Crippen molar-refractivity contribution < 1.29 is 19.2 Å². The number of carbonyl (C=O) groups excluding carboxylic acids is 1. The van der Waals surface area contributed by atoms with E-state index in [1.54, 1.807) is 18.2 Å². The maximum absolute atomic E-state index is 12.5. The third-order valence-electron chi connectivity index (χ3n) is 4.43. The number of benzene rings is 2. The highest BCUT2D eigenvalue weighted by Gasteiger charge is 2.13. The molecule has 162 valence electrons. The second kappa shape index (κ2) is 12.0. The maximum atomic E-state index is 12.5. The highest BCUT2D eigenvalue weighted by atomic mass is 16.6. The molecular weight excluding hydrogens is 398 g/mol. The van der Waals surface area contributed by atoms with Gasteiger partial charge in [0.2, 0.25) is 0 Å². The molecule has 0 aliphatic carbocycles. The van der Waals surface area contributed by atoms with E-state index in [0.717, 1.165) is 19.3 Å². The minimum absolute atomic E-state index is 0.151. The molecule has 0 bridgehead atoms. The number of hydrogen-bond donors (Lipinski definition) is 1. The van der Waals surface area contributed by atoms with Crippen molar-refractivity contribution in [3.8, 4) is 17.6 Å². The lowest BCUT2D eigenvalue weighted by Gasteiger charge is -2.11. The standard InChI is InChI=1S/C23H25N3O5/c1-3-4-5-6-12-31-21-11-10-17(14-22(21)30-2)13-18(16-24)23(27)25-19-8-7-9-20(15-19)26(28)29/h7-11,13-15H,3-6,12H2,1-2H3,(H,25,27)/b18-13+. The van der Waals surface area contributed by atoms with Crippen molar-refractivity contribution in [2.75, 3.05) is 19.0 Å². The number of anilines is 1. The number of rotatable bonds is 11. The molecule has 2 rings (SSSR count). The first-order valence-electron chi connectivity index (χ1n) is 9.97. The fourth-order valence-electron chi connectivity index (χ4n) is 2.82. The van der Waals surface area contributed by atoms with E-state index < -0.39 is 10.8 Å². The highest BCUT2D eigenvalue weighted by molar-refractivity contribution is 6.09. The molecule has 8 nitrogen and oxygen atoms in total. The van der Waals surface area contributed by atoms with Crippen molar-refractivity contribution in [3.05, 3.63) is 63.7 Å². The smallest absolute Gasteiger partial charge is 0.271 e. The van der Waals surface area contributed by atoms with Gasteiger partial charge in [-0.25, -0.2) is 0 Å². The molecule has 0 aliphatic heterocycles. The molecule has 1 N–H and O–H groups in total. The number of hydrogen-bond acceptors (Lipinski definition) is 6. The van der Waals surface area contributed by atoms with Crippen molar-refractivity contribution in [2.24, 2.45) is 0 Å². The number of nitrogens with one attached hydrogen (secondary N) is 1. The van der Waals surface area contributed by atoms with Gasteiger partial charge < -0.3 is 14.8 Å². The monoisotopic (exact) mass is 423 g/mol. The number of carbonyl (C=O) groups is 1. The van der Waals surface area contributed by atoms with Gasteiger partial charge in [-0.15, -0.1) is 0 Å². The Balaban J connectivity index is 2.12. The summed E-state index contributed by atoms with van der Waals surface area (Å²) in [6, 6.07) is 12.5. The lowest BCUT2D eigenvalue weighted by molar-refractivity contribution is -0.384. The summed E-state index contributed by atoms with van der Waals surface area (Å²) in [7, 11) is 1.52. The number of non-ortho nitro benzene ring substituents is 1. The third-order valence-corrected chi connectivity index (χ3v) is 4.43. The number of ether oxygens (including phenoxy) is 2. The molecule has 2 aromatic rings. The first-order chi connectivity index (χ1) is 15.0. The van der Waals surface area contributed by atoms with E-state index in [4.69, 9.17) is 9.47 Å². The topological polar surface area (TPSA) is 114 Å². The van der Waals surface area contributed by atoms with Crippen molar-refractivity contribution in [1.82, 2.24) is 0 Å². The molecule has 2 aromatic carbocycles. The zero-order chi connectivity index (χ0) is 22.6. The van der Waals surface area contributed by atoms with Crippen LogP contribution in [0.25, 0.3) is 6.08 Å². The van der Waals surface area contributed by atoms with Crippen LogP contribution in [0.4, 0.5) is 11.4 Å². The molecule has 0 heterocycles.